The molecule has 0 aliphatic heterocycles. The Kier molecular flexibility index (Phi) is 5.32. The maximum absolute atomic E-state index is 12.3. The van der Waals surface area contributed by atoms with Gasteiger partial charge in [-0.15, -0.1) is 10.2 Å². The molecule has 8 heteroatoms. The zero-order chi connectivity index (χ0) is 17.6. The number of anilines is 1. The van der Waals surface area contributed by atoms with E-state index in [1.54, 1.807) is 35.6 Å². The first-order chi connectivity index (χ1) is 12.2. The molecule has 126 valence electrons. The molecule has 2 aromatic heterocycles. The standard InChI is InChI=1S/C17H14N4O2S2/c1-2-14(22)18-9-11-3-5-12(6-4-11)15(23)19-17-21-20-16(25-17)13-7-8-24-10-13/h2-8,10H,1,9H2,(H,18,22)(H,19,21,23). The summed E-state index contributed by atoms with van der Waals surface area (Å²) in [5, 5.41) is 18.7. The van der Waals surface area contributed by atoms with Gasteiger partial charge in [0.15, 0.2) is 0 Å². The summed E-state index contributed by atoms with van der Waals surface area (Å²) < 4.78 is 0. The second-order valence-electron chi connectivity index (χ2n) is 5.00. The Labute approximate surface area is 152 Å². The molecule has 2 N–H and O–H groups in total. The number of rotatable bonds is 6. The van der Waals surface area contributed by atoms with Gasteiger partial charge < -0.3 is 5.32 Å². The van der Waals surface area contributed by atoms with Crippen LogP contribution in [0.25, 0.3) is 10.6 Å². The second kappa shape index (κ2) is 7.82. The lowest BCUT2D eigenvalue weighted by Crippen LogP contribution is -2.20. The van der Waals surface area contributed by atoms with Crippen molar-refractivity contribution in [3.8, 4) is 10.6 Å². The maximum atomic E-state index is 12.3. The van der Waals surface area contributed by atoms with Gasteiger partial charge in [0, 0.05) is 23.1 Å². The molecule has 0 aliphatic rings. The van der Waals surface area contributed by atoms with E-state index >= 15 is 0 Å². The van der Waals surface area contributed by atoms with Gasteiger partial charge in [0.1, 0.15) is 5.01 Å². The minimum atomic E-state index is -0.255. The van der Waals surface area contributed by atoms with Crippen LogP contribution in [0.3, 0.4) is 0 Å². The van der Waals surface area contributed by atoms with Crippen LogP contribution in [-0.2, 0) is 11.3 Å². The van der Waals surface area contributed by atoms with Gasteiger partial charge in [-0.1, -0.05) is 30.0 Å². The maximum Gasteiger partial charge on any atom is 0.257 e. The molecule has 2 heterocycles. The van der Waals surface area contributed by atoms with Gasteiger partial charge in [-0.3, -0.25) is 14.9 Å². The van der Waals surface area contributed by atoms with Crippen LogP contribution in [0, 0.1) is 0 Å². The highest BCUT2D eigenvalue weighted by Gasteiger charge is 2.11. The van der Waals surface area contributed by atoms with Crippen LogP contribution >= 0.6 is 22.7 Å². The van der Waals surface area contributed by atoms with E-state index in [2.05, 4.69) is 27.4 Å². The fraction of sp³-hybridized carbons (Fsp3) is 0.0588. The minimum absolute atomic E-state index is 0.237. The summed E-state index contributed by atoms with van der Waals surface area (Å²) in [6.45, 7) is 3.78. The van der Waals surface area contributed by atoms with E-state index in [9.17, 15) is 9.59 Å². The SMILES string of the molecule is C=CC(=O)NCc1ccc(C(=O)Nc2nnc(-c3ccsc3)s2)cc1. The van der Waals surface area contributed by atoms with E-state index in [4.69, 9.17) is 0 Å². The smallest absolute Gasteiger partial charge is 0.257 e. The number of benzene rings is 1. The lowest BCUT2D eigenvalue weighted by molar-refractivity contribution is -0.116. The van der Waals surface area contributed by atoms with Crippen molar-refractivity contribution in [2.45, 2.75) is 6.54 Å². The van der Waals surface area contributed by atoms with Crippen LogP contribution in [-0.4, -0.2) is 22.0 Å². The molecule has 2 amide bonds. The average Bonchev–Trinajstić information content (AvgIpc) is 3.31. The topological polar surface area (TPSA) is 84.0 Å². The molecule has 6 nitrogen and oxygen atoms in total. The van der Waals surface area contributed by atoms with Crippen LogP contribution in [0.15, 0.2) is 53.7 Å². The van der Waals surface area contributed by atoms with Crippen molar-refractivity contribution in [3.05, 3.63) is 64.9 Å². The summed E-state index contributed by atoms with van der Waals surface area (Å²) in [5.74, 6) is -0.491. The number of nitrogens with zero attached hydrogens (tertiary/aromatic N) is 2. The number of carbonyl (C=O) groups excluding carboxylic acids is 2. The number of thiophene rings is 1. The fourth-order valence-electron chi connectivity index (χ4n) is 1.98. The van der Waals surface area contributed by atoms with Gasteiger partial charge in [0.2, 0.25) is 11.0 Å². The van der Waals surface area contributed by atoms with Crippen LogP contribution in [0.1, 0.15) is 15.9 Å². The van der Waals surface area contributed by atoms with Crippen LogP contribution in [0.5, 0.6) is 0 Å². The average molecular weight is 370 g/mol. The highest BCUT2D eigenvalue weighted by Crippen LogP contribution is 2.28. The molecule has 0 atom stereocenters. The highest BCUT2D eigenvalue weighted by molar-refractivity contribution is 7.19. The van der Waals surface area contributed by atoms with Crippen LogP contribution in [0.2, 0.25) is 0 Å². The summed E-state index contributed by atoms with van der Waals surface area (Å²) in [4.78, 5) is 23.4. The van der Waals surface area contributed by atoms with Gasteiger partial charge in [0.25, 0.3) is 5.91 Å². The van der Waals surface area contributed by atoms with E-state index in [0.29, 0.717) is 17.2 Å². The molecule has 25 heavy (non-hydrogen) atoms. The van der Waals surface area contributed by atoms with Crippen molar-refractivity contribution in [3.63, 3.8) is 0 Å². The zero-order valence-electron chi connectivity index (χ0n) is 13.1. The Balaban J connectivity index is 1.61. The number of hydrogen-bond acceptors (Lipinski definition) is 6. The monoisotopic (exact) mass is 370 g/mol. The number of aromatic nitrogens is 2. The molecule has 3 rings (SSSR count). The minimum Gasteiger partial charge on any atom is -0.348 e. The molecule has 0 aliphatic carbocycles. The Hall–Kier alpha value is -2.84. The van der Waals surface area contributed by atoms with Gasteiger partial charge >= 0.3 is 0 Å². The molecule has 0 fully saturated rings. The van der Waals surface area contributed by atoms with Crippen molar-refractivity contribution in [2.24, 2.45) is 0 Å². The van der Waals surface area contributed by atoms with Crippen molar-refractivity contribution in [1.82, 2.24) is 15.5 Å². The molecule has 0 saturated heterocycles. The van der Waals surface area contributed by atoms with E-state index in [0.717, 1.165) is 16.1 Å². The molecule has 3 aromatic rings. The molecule has 0 bridgehead atoms. The normalized spacial score (nSPS) is 10.2. The third-order valence-electron chi connectivity index (χ3n) is 3.28. The Morgan fingerprint density at radius 3 is 2.64 bits per heavy atom. The first kappa shape index (κ1) is 17.0. The van der Waals surface area contributed by atoms with Crippen molar-refractivity contribution in [1.29, 1.82) is 0 Å². The van der Waals surface area contributed by atoms with Crippen molar-refractivity contribution < 1.29 is 9.59 Å². The molecule has 0 saturated carbocycles. The predicted molar refractivity (Wildman–Crippen MR) is 99.7 cm³/mol. The first-order valence-corrected chi connectivity index (χ1v) is 9.08. The van der Waals surface area contributed by atoms with Crippen LogP contribution in [0.4, 0.5) is 5.13 Å². The van der Waals surface area contributed by atoms with E-state index in [1.807, 2.05) is 16.8 Å². The highest BCUT2D eigenvalue weighted by atomic mass is 32.1. The van der Waals surface area contributed by atoms with Crippen molar-refractivity contribution >= 4 is 39.6 Å². The summed E-state index contributed by atoms with van der Waals surface area (Å²) in [6.07, 6.45) is 1.22. The summed E-state index contributed by atoms with van der Waals surface area (Å²) in [7, 11) is 0. The zero-order valence-corrected chi connectivity index (χ0v) is 14.7. The molecular formula is C17H14N4O2S2. The predicted octanol–water partition coefficient (Wildman–Crippen LogP) is 3.32. The fourth-order valence-corrected chi connectivity index (χ4v) is 3.43. The molecule has 0 spiro atoms. The number of carbonyl (C=O) groups is 2. The summed E-state index contributed by atoms with van der Waals surface area (Å²) >= 11 is 2.91. The number of amides is 2. The quantitative estimate of drug-likeness (QED) is 0.652. The number of hydrogen-bond donors (Lipinski definition) is 2. The van der Waals surface area contributed by atoms with E-state index < -0.39 is 0 Å². The Morgan fingerprint density at radius 2 is 1.96 bits per heavy atom. The van der Waals surface area contributed by atoms with Crippen molar-refractivity contribution in [2.75, 3.05) is 5.32 Å². The third kappa shape index (κ3) is 4.37. The molecule has 1 aromatic carbocycles. The van der Waals surface area contributed by atoms with Gasteiger partial charge in [-0.25, -0.2) is 0 Å². The summed E-state index contributed by atoms with van der Waals surface area (Å²) in [6, 6.07) is 8.93. The molecular weight excluding hydrogens is 356 g/mol. The molecule has 0 unspecified atom stereocenters. The lowest BCUT2D eigenvalue weighted by atomic mass is 10.1. The largest absolute Gasteiger partial charge is 0.348 e. The summed E-state index contributed by atoms with van der Waals surface area (Å²) in [5.41, 5.74) is 2.39. The van der Waals surface area contributed by atoms with Gasteiger partial charge in [-0.05, 0) is 35.2 Å². The molecule has 0 radical (unpaired) electrons. The Bertz CT molecular complexity index is 886. The second-order valence-corrected chi connectivity index (χ2v) is 6.75. The first-order valence-electron chi connectivity index (χ1n) is 7.32. The van der Waals surface area contributed by atoms with Gasteiger partial charge in [-0.2, -0.15) is 11.3 Å². The Morgan fingerprint density at radius 1 is 1.16 bits per heavy atom. The van der Waals surface area contributed by atoms with E-state index in [-0.39, 0.29) is 11.8 Å². The van der Waals surface area contributed by atoms with E-state index in [1.165, 1.54) is 17.4 Å². The number of nitrogens with one attached hydrogen (secondary N) is 2. The van der Waals surface area contributed by atoms with Gasteiger partial charge in [0.05, 0.1) is 0 Å². The third-order valence-corrected chi connectivity index (χ3v) is 4.85. The lowest BCUT2D eigenvalue weighted by Gasteiger charge is -2.05. The van der Waals surface area contributed by atoms with Crippen LogP contribution < -0.4 is 10.6 Å².